The number of carbonyl (C=O) groups excluding carboxylic acids is 1. The summed E-state index contributed by atoms with van der Waals surface area (Å²) in [5.74, 6) is 2.76. The molecule has 146 valence electrons. The zero-order valence-electron chi connectivity index (χ0n) is 16.7. The van der Waals surface area contributed by atoms with Crippen molar-refractivity contribution in [3.05, 3.63) is 11.6 Å². The van der Waals surface area contributed by atoms with E-state index in [1.165, 1.54) is 0 Å². The molecule has 3 heterocycles. The van der Waals surface area contributed by atoms with Gasteiger partial charge in [-0.05, 0) is 18.3 Å². The average Bonchev–Trinajstić information content (AvgIpc) is 2.95. The molecule has 7 nitrogen and oxygen atoms in total. The summed E-state index contributed by atoms with van der Waals surface area (Å²) in [6, 6.07) is 0. The van der Waals surface area contributed by atoms with Crippen molar-refractivity contribution < 1.29 is 9.53 Å². The number of likely N-dealkylation sites (tertiary alicyclic amines) is 1. The van der Waals surface area contributed by atoms with E-state index in [1.54, 1.807) is 0 Å². The van der Waals surface area contributed by atoms with E-state index in [9.17, 15) is 4.79 Å². The summed E-state index contributed by atoms with van der Waals surface area (Å²) in [5, 5.41) is 8.92. The minimum Gasteiger partial charge on any atom is -0.379 e. The molecule has 0 aliphatic carbocycles. The first-order chi connectivity index (χ1) is 12.3. The van der Waals surface area contributed by atoms with Crippen LogP contribution in [0.25, 0.3) is 0 Å². The van der Waals surface area contributed by atoms with Gasteiger partial charge in [-0.25, -0.2) is 0 Å². The third-order valence-corrected chi connectivity index (χ3v) is 5.36. The largest absolute Gasteiger partial charge is 0.379 e. The predicted octanol–water partition coefficient (Wildman–Crippen LogP) is 1.79. The second-order valence-electron chi connectivity index (χ2n) is 8.81. The van der Waals surface area contributed by atoms with Crippen LogP contribution in [0.2, 0.25) is 0 Å². The highest BCUT2D eigenvalue weighted by molar-refractivity contribution is 5.76. The number of carbonyl (C=O) groups is 1. The molecule has 1 aromatic rings. The molecule has 0 saturated carbocycles. The van der Waals surface area contributed by atoms with E-state index in [4.69, 9.17) is 4.74 Å². The van der Waals surface area contributed by atoms with Crippen molar-refractivity contribution >= 4 is 5.91 Å². The van der Waals surface area contributed by atoms with Gasteiger partial charge in [0.15, 0.2) is 0 Å². The monoisotopic (exact) mass is 363 g/mol. The smallest absolute Gasteiger partial charge is 0.223 e. The molecule has 1 amide bonds. The second-order valence-corrected chi connectivity index (χ2v) is 8.81. The Bertz CT molecular complexity index is 608. The topological polar surface area (TPSA) is 63.5 Å². The molecule has 3 rings (SSSR count). The third kappa shape index (κ3) is 4.82. The summed E-state index contributed by atoms with van der Waals surface area (Å²) >= 11 is 0. The number of rotatable bonds is 4. The zero-order chi connectivity index (χ0) is 18.7. The van der Waals surface area contributed by atoms with Crippen LogP contribution < -0.4 is 0 Å². The molecule has 0 spiro atoms. The van der Waals surface area contributed by atoms with Crippen molar-refractivity contribution in [3.63, 3.8) is 0 Å². The van der Waals surface area contributed by atoms with E-state index in [-0.39, 0.29) is 11.3 Å². The molecule has 0 aromatic carbocycles. The maximum Gasteiger partial charge on any atom is 0.223 e. The van der Waals surface area contributed by atoms with Gasteiger partial charge >= 0.3 is 0 Å². The summed E-state index contributed by atoms with van der Waals surface area (Å²) in [5.41, 5.74) is 0.0475. The van der Waals surface area contributed by atoms with Gasteiger partial charge in [-0.2, -0.15) is 0 Å². The fourth-order valence-corrected chi connectivity index (χ4v) is 3.78. The summed E-state index contributed by atoms with van der Waals surface area (Å²) in [7, 11) is 2.07. The Morgan fingerprint density at radius 2 is 1.77 bits per heavy atom. The fraction of sp³-hybridized carbons (Fsp3) is 0.842. The normalized spacial score (nSPS) is 20.5. The van der Waals surface area contributed by atoms with Crippen LogP contribution in [-0.2, 0) is 23.1 Å². The number of nitrogens with zero attached hydrogens (tertiary/aromatic N) is 5. The molecule has 0 radical (unpaired) electrons. The quantitative estimate of drug-likeness (QED) is 0.816. The van der Waals surface area contributed by atoms with Gasteiger partial charge in [0.05, 0.1) is 19.8 Å². The molecule has 0 N–H and O–H groups in total. The average molecular weight is 364 g/mol. The Balaban J connectivity index is 1.55. The lowest BCUT2D eigenvalue weighted by Gasteiger charge is -2.33. The van der Waals surface area contributed by atoms with Crippen LogP contribution in [0.1, 0.15) is 57.6 Å². The van der Waals surface area contributed by atoms with Gasteiger partial charge in [0, 0.05) is 45.6 Å². The number of amides is 1. The van der Waals surface area contributed by atoms with E-state index < -0.39 is 0 Å². The highest BCUT2D eigenvalue weighted by atomic mass is 16.5. The highest BCUT2D eigenvalue weighted by Gasteiger charge is 2.29. The molecule has 2 saturated heterocycles. The van der Waals surface area contributed by atoms with Crippen LogP contribution >= 0.6 is 0 Å². The number of ether oxygens (including phenoxy) is 1. The molecule has 0 bridgehead atoms. The van der Waals surface area contributed by atoms with Gasteiger partial charge in [-0.3, -0.25) is 9.69 Å². The van der Waals surface area contributed by atoms with E-state index in [0.29, 0.717) is 12.3 Å². The van der Waals surface area contributed by atoms with Crippen LogP contribution in [0.3, 0.4) is 0 Å². The lowest BCUT2D eigenvalue weighted by molar-refractivity contribution is -0.134. The van der Waals surface area contributed by atoms with Crippen LogP contribution in [0, 0.1) is 5.41 Å². The Labute approximate surface area is 156 Å². The number of aromatic nitrogens is 3. The Morgan fingerprint density at radius 3 is 2.38 bits per heavy atom. The van der Waals surface area contributed by atoms with Crippen molar-refractivity contribution in [2.45, 2.75) is 52.5 Å². The molecule has 26 heavy (non-hydrogen) atoms. The van der Waals surface area contributed by atoms with Gasteiger partial charge < -0.3 is 14.2 Å². The Kier molecular flexibility index (Phi) is 5.97. The first-order valence-electron chi connectivity index (χ1n) is 9.79. The van der Waals surface area contributed by atoms with Crippen molar-refractivity contribution in [2.75, 3.05) is 39.4 Å². The molecule has 7 heteroatoms. The van der Waals surface area contributed by atoms with E-state index >= 15 is 0 Å². The van der Waals surface area contributed by atoms with Crippen molar-refractivity contribution in [3.8, 4) is 0 Å². The maximum absolute atomic E-state index is 12.4. The van der Waals surface area contributed by atoms with Crippen LogP contribution in [0.5, 0.6) is 0 Å². The van der Waals surface area contributed by atoms with Crippen molar-refractivity contribution in [1.82, 2.24) is 24.6 Å². The molecule has 2 aliphatic rings. The van der Waals surface area contributed by atoms with Gasteiger partial charge in [-0.15, -0.1) is 10.2 Å². The minimum absolute atomic E-state index is 0.0475. The summed E-state index contributed by atoms with van der Waals surface area (Å²) < 4.78 is 7.57. The summed E-state index contributed by atoms with van der Waals surface area (Å²) in [4.78, 5) is 16.8. The molecule has 0 unspecified atom stereocenters. The SMILES string of the molecule is Cn1c(CN2CCOCC2)nnc1C1CCN(C(=O)CC(C)(C)C)CC1. The standard InChI is InChI=1S/C19H33N5O2/c1-19(2,3)13-17(25)24-7-5-15(6-8-24)18-21-20-16(22(18)4)14-23-9-11-26-12-10-23/h15H,5-14H2,1-4H3. The van der Waals surface area contributed by atoms with Gasteiger partial charge in [0.1, 0.15) is 11.6 Å². The van der Waals surface area contributed by atoms with Gasteiger partial charge in [0.25, 0.3) is 0 Å². The summed E-state index contributed by atoms with van der Waals surface area (Å²) in [6.07, 6.45) is 2.56. The lowest BCUT2D eigenvalue weighted by atomic mass is 9.90. The van der Waals surface area contributed by atoms with Gasteiger partial charge in [-0.1, -0.05) is 20.8 Å². The van der Waals surface area contributed by atoms with Crippen LogP contribution in [0.4, 0.5) is 0 Å². The zero-order valence-corrected chi connectivity index (χ0v) is 16.7. The fourth-order valence-electron chi connectivity index (χ4n) is 3.78. The minimum atomic E-state index is 0.0475. The van der Waals surface area contributed by atoms with Crippen molar-refractivity contribution in [2.24, 2.45) is 12.5 Å². The predicted molar refractivity (Wildman–Crippen MR) is 99.7 cm³/mol. The maximum atomic E-state index is 12.4. The number of piperidine rings is 1. The first kappa shape index (κ1) is 19.3. The van der Waals surface area contributed by atoms with Crippen LogP contribution in [-0.4, -0.2) is 69.9 Å². The molecular weight excluding hydrogens is 330 g/mol. The molecule has 2 aliphatic heterocycles. The van der Waals surface area contributed by atoms with E-state index in [0.717, 1.165) is 70.4 Å². The van der Waals surface area contributed by atoms with Gasteiger partial charge in [0.2, 0.25) is 5.91 Å². The van der Waals surface area contributed by atoms with Crippen LogP contribution in [0.15, 0.2) is 0 Å². The number of morpholine rings is 1. The Hall–Kier alpha value is -1.47. The lowest BCUT2D eigenvalue weighted by Crippen LogP contribution is -2.39. The van der Waals surface area contributed by atoms with E-state index in [1.807, 2.05) is 4.90 Å². The van der Waals surface area contributed by atoms with E-state index in [2.05, 4.69) is 47.5 Å². The number of hydrogen-bond donors (Lipinski definition) is 0. The summed E-state index contributed by atoms with van der Waals surface area (Å²) in [6.45, 7) is 12.3. The number of hydrogen-bond acceptors (Lipinski definition) is 5. The van der Waals surface area contributed by atoms with Crippen molar-refractivity contribution in [1.29, 1.82) is 0 Å². The molecule has 1 aromatic heterocycles. The first-order valence-corrected chi connectivity index (χ1v) is 9.79. The Morgan fingerprint density at radius 1 is 1.12 bits per heavy atom. The second kappa shape index (κ2) is 8.05. The molecule has 0 atom stereocenters. The third-order valence-electron chi connectivity index (χ3n) is 5.36. The molecular formula is C19H33N5O2. The molecule has 2 fully saturated rings. The highest BCUT2D eigenvalue weighted by Crippen LogP contribution is 2.29.